The third-order valence-corrected chi connectivity index (χ3v) is 4.47. The topological polar surface area (TPSA) is 47.6 Å². The highest BCUT2D eigenvalue weighted by molar-refractivity contribution is 9.10. The largest absolute Gasteiger partial charge is 0.389 e. The molecular weight excluding hydrogens is 328 g/mol. The van der Waals surface area contributed by atoms with Crippen molar-refractivity contribution in [2.45, 2.75) is 31.6 Å². The van der Waals surface area contributed by atoms with Gasteiger partial charge in [0.2, 0.25) is 0 Å². The summed E-state index contributed by atoms with van der Waals surface area (Å²) in [7, 11) is 0. The molecular formula is C13H13BrN2O2S. The fourth-order valence-corrected chi connectivity index (χ4v) is 3.40. The van der Waals surface area contributed by atoms with Gasteiger partial charge in [-0.2, -0.15) is 0 Å². The van der Waals surface area contributed by atoms with Gasteiger partial charge in [-0.05, 0) is 41.9 Å². The molecule has 1 aromatic heterocycles. The standard InChI is InChI=1S/C13H13BrN2O2S/c1-13(2)6-11(16-18-13)19-7-10-8-4-3-5-9(14)12(8)17-15-10/h3-5H,6-7H2,1-2H3. The van der Waals surface area contributed by atoms with Crippen LogP contribution in [0.15, 0.2) is 32.4 Å². The fraction of sp³-hybridized carbons (Fsp3) is 0.385. The minimum atomic E-state index is -0.183. The number of para-hydroxylation sites is 1. The van der Waals surface area contributed by atoms with Crippen molar-refractivity contribution in [2.24, 2.45) is 5.16 Å². The Hall–Kier alpha value is -1.01. The zero-order chi connectivity index (χ0) is 13.5. The van der Waals surface area contributed by atoms with Gasteiger partial charge in [0.15, 0.2) is 5.58 Å². The van der Waals surface area contributed by atoms with Crippen molar-refractivity contribution in [1.29, 1.82) is 0 Å². The highest BCUT2D eigenvalue weighted by Crippen LogP contribution is 2.32. The molecule has 0 spiro atoms. The van der Waals surface area contributed by atoms with E-state index in [9.17, 15) is 0 Å². The van der Waals surface area contributed by atoms with Gasteiger partial charge in [-0.15, -0.1) is 11.8 Å². The molecule has 0 aliphatic carbocycles. The average Bonchev–Trinajstić information content (AvgIpc) is 2.91. The molecule has 1 aliphatic rings. The highest BCUT2D eigenvalue weighted by atomic mass is 79.9. The Morgan fingerprint density at radius 3 is 3.00 bits per heavy atom. The molecule has 19 heavy (non-hydrogen) atoms. The molecule has 2 aromatic rings. The SMILES string of the molecule is CC1(C)CC(SCc2noc3c(Br)cccc23)=NO1. The number of oxime groups is 1. The molecule has 3 rings (SSSR count). The van der Waals surface area contributed by atoms with E-state index >= 15 is 0 Å². The van der Waals surface area contributed by atoms with Gasteiger partial charge in [0, 0.05) is 17.6 Å². The van der Waals surface area contributed by atoms with Crippen molar-refractivity contribution in [3.63, 3.8) is 0 Å². The van der Waals surface area contributed by atoms with Gasteiger partial charge in [-0.25, -0.2) is 0 Å². The van der Waals surface area contributed by atoms with E-state index < -0.39 is 0 Å². The predicted octanol–water partition coefficient (Wildman–Crippen LogP) is 4.34. The lowest BCUT2D eigenvalue weighted by Gasteiger charge is -2.12. The minimum Gasteiger partial charge on any atom is -0.389 e. The van der Waals surface area contributed by atoms with E-state index in [1.165, 1.54) is 0 Å². The summed E-state index contributed by atoms with van der Waals surface area (Å²) in [5.74, 6) is 0.738. The van der Waals surface area contributed by atoms with Crippen molar-refractivity contribution in [3.8, 4) is 0 Å². The predicted molar refractivity (Wildman–Crippen MR) is 80.2 cm³/mol. The summed E-state index contributed by atoms with van der Waals surface area (Å²) in [5, 5.41) is 10.3. The van der Waals surface area contributed by atoms with Crippen LogP contribution in [0, 0.1) is 0 Å². The first-order valence-electron chi connectivity index (χ1n) is 5.96. The molecule has 1 aliphatic heterocycles. The number of thioether (sulfide) groups is 1. The van der Waals surface area contributed by atoms with Crippen LogP contribution < -0.4 is 0 Å². The number of fused-ring (bicyclic) bond motifs is 1. The van der Waals surface area contributed by atoms with E-state index in [-0.39, 0.29) is 5.60 Å². The first-order valence-corrected chi connectivity index (χ1v) is 7.74. The number of aromatic nitrogens is 1. The molecule has 0 bridgehead atoms. The van der Waals surface area contributed by atoms with Crippen LogP contribution >= 0.6 is 27.7 Å². The molecule has 0 amide bonds. The Bertz CT molecular complexity index is 651. The van der Waals surface area contributed by atoms with Gasteiger partial charge < -0.3 is 9.36 Å². The van der Waals surface area contributed by atoms with Crippen LogP contribution in [0.1, 0.15) is 26.0 Å². The zero-order valence-electron chi connectivity index (χ0n) is 10.6. The number of halogens is 1. The van der Waals surface area contributed by atoms with Crippen LogP contribution in [0.25, 0.3) is 11.0 Å². The van der Waals surface area contributed by atoms with Crippen LogP contribution in [-0.2, 0) is 10.6 Å². The lowest BCUT2D eigenvalue weighted by molar-refractivity contribution is 0.0123. The maximum Gasteiger partial charge on any atom is 0.181 e. The third-order valence-electron chi connectivity index (χ3n) is 2.87. The Labute approximate surface area is 123 Å². The second-order valence-electron chi connectivity index (χ2n) is 5.05. The number of hydrogen-bond donors (Lipinski definition) is 0. The quantitative estimate of drug-likeness (QED) is 0.815. The maximum atomic E-state index is 5.35. The van der Waals surface area contributed by atoms with E-state index in [2.05, 4.69) is 26.2 Å². The molecule has 0 saturated heterocycles. The normalized spacial score (nSPS) is 17.5. The molecule has 0 saturated carbocycles. The minimum absolute atomic E-state index is 0.183. The van der Waals surface area contributed by atoms with Crippen LogP contribution in [0.3, 0.4) is 0 Å². The maximum absolute atomic E-state index is 5.35. The summed E-state index contributed by atoms with van der Waals surface area (Å²) in [5.41, 5.74) is 1.55. The highest BCUT2D eigenvalue weighted by Gasteiger charge is 2.29. The van der Waals surface area contributed by atoms with Crippen molar-refractivity contribution in [2.75, 3.05) is 0 Å². The van der Waals surface area contributed by atoms with E-state index in [1.54, 1.807) is 11.8 Å². The Kier molecular flexibility index (Phi) is 3.30. The first kappa shape index (κ1) is 13.0. The molecule has 0 radical (unpaired) electrons. The van der Waals surface area contributed by atoms with Crippen molar-refractivity contribution < 1.29 is 9.36 Å². The Morgan fingerprint density at radius 1 is 1.42 bits per heavy atom. The van der Waals surface area contributed by atoms with Gasteiger partial charge in [0.05, 0.1) is 4.47 Å². The summed E-state index contributed by atoms with van der Waals surface area (Å²) < 4.78 is 6.28. The number of hydrogen-bond acceptors (Lipinski definition) is 5. The summed E-state index contributed by atoms with van der Waals surface area (Å²) in [6.07, 6.45) is 0.844. The first-order chi connectivity index (χ1) is 9.05. The van der Waals surface area contributed by atoms with Crippen molar-refractivity contribution in [3.05, 3.63) is 28.4 Å². The summed E-state index contributed by atoms with van der Waals surface area (Å²) in [6, 6.07) is 5.95. The molecule has 2 heterocycles. The summed E-state index contributed by atoms with van der Waals surface area (Å²) in [6.45, 7) is 4.07. The molecule has 0 atom stereocenters. The third kappa shape index (κ3) is 2.65. The van der Waals surface area contributed by atoms with Gasteiger partial charge >= 0.3 is 0 Å². The lowest BCUT2D eigenvalue weighted by atomic mass is 10.1. The van der Waals surface area contributed by atoms with E-state index in [0.29, 0.717) is 0 Å². The zero-order valence-corrected chi connectivity index (χ0v) is 13.0. The lowest BCUT2D eigenvalue weighted by Crippen LogP contribution is -2.18. The number of benzene rings is 1. The molecule has 1 aromatic carbocycles. The van der Waals surface area contributed by atoms with Crippen molar-refractivity contribution >= 4 is 43.7 Å². The van der Waals surface area contributed by atoms with E-state index in [4.69, 9.17) is 9.36 Å². The molecule has 100 valence electrons. The molecule has 4 nitrogen and oxygen atoms in total. The molecule has 0 unspecified atom stereocenters. The van der Waals surface area contributed by atoms with Crippen LogP contribution in [-0.4, -0.2) is 15.8 Å². The molecule has 6 heteroatoms. The van der Waals surface area contributed by atoms with Crippen molar-refractivity contribution in [1.82, 2.24) is 5.16 Å². The van der Waals surface area contributed by atoms with Crippen LogP contribution in [0.2, 0.25) is 0 Å². The monoisotopic (exact) mass is 340 g/mol. The van der Waals surface area contributed by atoms with E-state index in [0.717, 1.165) is 38.4 Å². The van der Waals surface area contributed by atoms with Gasteiger partial charge in [-0.1, -0.05) is 16.4 Å². The summed E-state index contributed by atoms with van der Waals surface area (Å²) >= 11 is 5.11. The summed E-state index contributed by atoms with van der Waals surface area (Å²) in [4.78, 5) is 5.35. The second-order valence-corrected chi connectivity index (χ2v) is 6.95. The van der Waals surface area contributed by atoms with Crippen LogP contribution in [0.5, 0.6) is 0 Å². The smallest absolute Gasteiger partial charge is 0.181 e. The number of nitrogens with zero attached hydrogens (tertiary/aromatic N) is 2. The second kappa shape index (κ2) is 4.83. The van der Waals surface area contributed by atoms with E-state index in [1.807, 2.05) is 32.0 Å². The van der Waals surface area contributed by atoms with Crippen LogP contribution in [0.4, 0.5) is 0 Å². The Morgan fingerprint density at radius 2 is 2.26 bits per heavy atom. The van der Waals surface area contributed by atoms with Gasteiger partial charge in [-0.3, -0.25) is 0 Å². The molecule has 0 N–H and O–H groups in total. The van der Waals surface area contributed by atoms with Gasteiger partial charge in [0.25, 0.3) is 0 Å². The number of rotatable bonds is 2. The molecule has 0 fully saturated rings. The fourth-order valence-electron chi connectivity index (χ4n) is 1.92. The van der Waals surface area contributed by atoms with Gasteiger partial charge in [0.1, 0.15) is 16.3 Å². The average molecular weight is 341 g/mol. The Balaban J connectivity index is 1.75.